The summed E-state index contributed by atoms with van der Waals surface area (Å²) in [4.78, 5) is 27.2. The van der Waals surface area contributed by atoms with Crippen molar-refractivity contribution in [2.45, 2.75) is 33.3 Å². The molecule has 0 atom stereocenters. The number of pyridine rings is 1. The molecule has 1 N–H and O–H groups in total. The van der Waals surface area contributed by atoms with Crippen LogP contribution in [0.4, 0.5) is 4.79 Å². The molecule has 1 rings (SSSR count). The van der Waals surface area contributed by atoms with E-state index in [4.69, 9.17) is 21.1 Å². The van der Waals surface area contributed by atoms with Gasteiger partial charge in [0.05, 0.1) is 24.6 Å². The molecule has 0 aromatic carbocycles. The van der Waals surface area contributed by atoms with Gasteiger partial charge in [-0.2, -0.15) is 5.10 Å². The van der Waals surface area contributed by atoms with Crippen molar-refractivity contribution in [3.8, 4) is 0 Å². The Bertz CT molecular complexity index is 609. The van der Waals surface area contributed by atoms with Crippen LogP contribution in [-0.2, 0) is 9.47 Å². The third kappa shape index (κ3) is 5.33. The highest BCUT2D eigenvalue weighted by Gasteiger charge is 2.17. The molecule has 1 aromatic rings. The SMILES string of the molecule is COC(=O)c1c(C)cc(Cl)nc1/C=N/NC(=O)OC(C)(C)C. The number of ether oxygens (including phenoxy) is 2. The third-order valence-electron chi connectivity index (χ3n) is 2.34. The van der Waals surface area contributed by atoms with E-state index >= 15 is 0 Å². The van der Waals surface area contributed by atoms with Crippen LogP contribution in [-0.4, -0.2) is 36.0 Å². The number of carbonyl (C=O) groups is 2. The molecule has 0 aliphatic rings. The second-order valence-electron chi connectivity index (χ2n) is 5.39. The molecule has 1 amide bonds. The van der Waals surface area contributed by atoms with Crippen molar-refractivity contribution >= 4 is 29.9 Å². The van der Waals surface area contributed by atoms with Crippen molar-refractivity contribution in [1.29, 1.82) is 0 Å². The number of aryl methyl sites for hydroxylation is 1. The molecule has 0 spiro atoms. The molecule has 0 aliphatic heterocycles. The van der Waals surface area contributed by atoms with Gasteiger partial charge in [0.15, 0.2) is 0 Å². The predicted octanol–water partition coefficient (Wildman–Crippen LogP) is 2.69. The van der Waals surface area contributed by atoms with Crippen molar-refractivity contribution in [3.05, 3.63) is 28.0 Å². The lowest BCUT2D eigenvalue weighted by Crippen LogP contribution is -2.29. The molecule has 22 heavy (non-hydrogen) atoms. The zero-order chi connectivity index (χ0) is 16.9. The highest BCUT2D eigenvalue weighted by Crippen LogP contribution is 2.17. The molecule has 0 saturated heterocycles. The Kier molecular flexibility index (Phi) is 5.87. The second kappa shape index (κ2) is 7.22. The lowest BCUT2D eigenvalue weighted by atomic mass is 10.1. The number of aromatic nitrogens is 1. The van der Waals surface area contributed by atoms with Gasteiger partial charge in [-0.25, -0.2) is 20.0 Å². The van der Waals surface area contributed by atoms with Crippen LogP contribution in [0.2, 0.25) is 5.15 Å². The maximum atomic E-state index is 11.8. The highest BCUT2D eigenvalue weighted by molar-refractivity contribution is 6.29. The van der Waals surface area contributed by atoms with Crippen molar-refractivity contribution < 1.29 is 19.1 Å². The number of esters is 1. The van der Waals surface area contributed by atoms with Crippen LogP contribution >= 0.6 is 11.6 Å². The third-order valence-corrected chi connectivity index (χ3v) is 2.54. The van der Waals surface area contributed by atoms with Gasteiger partial charge in [-0.3, -0.25) is 0 Å². The van der Waals surface area contributed by atoms with Gasteiger partial charge in [-0.15, -0.1) is 0 Å². The minimum absolute atomic E-state index is 0.188. The van der Waals surface area contributed by atoms with E-state index in [2.05, 4.69) is 15.5 Å². The summed E-state index contributed by atoms with van der Waals surface area (Å²) in [6, 6.07) is 1.53. The molecule has 0 saturated carbocycles. The predicted molar refractivity (Wildman–Crippen MR) is 82.3 cm³/mol. The van der Waals surface area contributed by atoms with E-state index in [-0.39, 0.29) is 16.4 Å². The number of hydrazone groups is 1. The molecule has 0 aliphatic carbocycles. The molecule has 7 nitrogen and oxygen atoms in total. The first kappa shape index (κ1) is 17.9. The summed E-state index contributed by atoms with van der Waals surface area (Å²) in [6.45, 7) is 6.88. The van der Waals surface area contributed by atoms with Crippen LogP contribution in [0.3, 0.4) is 0 Å². The molecule has 1 heterocycles. The van der Waals surface area contributed by atoms with E-state index in [0.717, 1.165) is 0 Å². The fourth-order valence-electron chi connectivity index (χ4n) is 1.56. The van der Waals surface area contributed by atoms with Crippen molar-refractivity contribution in [2.75, 3.05) is 7.11 Å². The minimum Gasteiger partial charge on any atom is -0.465 e. The zero-order valence-electron chi connectivity index (χ0n) is 13.1. The molecule has 0 radical (unpaired) electrons. The Morgan fingerprint density at radius 3 is 2.59 bits per heavy atom. The van der Waals surface area contributed by atoms with Gasteiger partial charge < -0.3 is 9.47 Å². The second-order valence-corrected chi connectivity index (χ2v) is 5.77. The number of nitrogens with one attached hydrogen (secondary N) is 1. The van der Waals surface area contributed by atoms with Crippen molar-refractivity contribution in [3.63, 3.8) is 0 Å². The molecule has 0 fully saturated rings. The molecular weight excluding hydrogens is 310 g/mol. The summed E-state index contributed by atoms with van der Waals surface area (Å²) in [6.07, 6.45) is 0.483. The number of methoxy groups -OCH3 is 1. The van der Waals surface area contributed by atoms with E-state index in [9.17, 15) is 9.59 Å². The lowest BCUT2D eigenvalue weighted by molar-refractivity contribution is 0.0528. The van der Waals surface area contributed by atoms with Crippen LogP contribution in [0, 0.1) is 6.92 Å². The lowest BCUT2D eigenvalue weighted by Gasteiger charge is -2.18. The van der Waals surface area contributed by atoms with Crippen LogP contribution in [0.5, 0.6) is 0 Å². The first-order valence-corrected chi connectivity index (χ1v) is 6.79. The Balaban J connectivity index is 2.95. The van der Waals surface area contributed by atoms with E-state index in [1.165, 1.54) is 19.4 Å². The fraction of sp³-hybridized carbons (Fsp3) is 0.429. The average Bonchev–Trinajstić information content (AvgIpc) is 2.35. The molecule has 0 bridgehead atoms. The topological polar surface area (TPSA) is 89.9 Å². The van der Waals surface area contributed by atoms with Crippen molar-refractivity contribution in [2.24, 2.45) is 5.10 Å². The molecular formula is C14H18ClN3O4. The fourth-order valence-corrected chi connectivity index (χ4v) is 1.82. The number of hydrogen-bond donors (Lipinski definition) is 1. The van der Waals surface area contributed by atoms with Gasteiger partial charge >= 0.3 is 12.1 Å². The van der Waals surface area contributed by atoms with E-state index in [1.807, 2.05) is 0 Å². The number of halogens is 1. The number of nitrogens with zero attached hydrogens (tertiary/aromatic N) is 2. The first-order chi connectivity index (χ1) is 10.1. The smallest absolute Gasteiger partial charge is 0.428 e. The van der Waals surface area contributed by atoms with Crippen LogP contribution in [0.1, 0.15) is 42.4 Å². The van der Waals surface area contributed by atoms with Crippen LogP contribution in [0.25, 0.3) is 0 Å². The Morgan fingerprint density at radius 2 is 2.05 bits per heavy atom. The summed E-state index contributed by atoms with van der Waals surface area (Å²) in [7, 11) is 1.26. The van der Waals surface area contributed by atoms with Crippen molar-refractivity contribution in [1.82, 2.24) is 10.4 Å². The van der Waals surface area contributed by atoms with E-state index in [1.54, 1.807) is 27.7 Å². The molecule has 8 heteroatoms. The van der Waals surface area contributed by atoms with Crippen LogP contribution < -0.4 is 5.43 Å². The zero-order valence-corrected chi connectivity index (χ0v) is 13.8. The minimum atomic E-state index is -0.720. The summed E-state index contributed by atoms with van der Waals surface area (Å²) in [5.41, 5.74) is 2.55. The Hall–Kier alpha value is -2.15. The van der Waals surface area contributed by atoms with Gasteiger partial charge in [0.1, 0.15) is 10.8 Å². The van der Waals surface area contributed by atoms with E-state index in [0.29, 0.717) is 5.56 Å². The molecule has 1 aromatic heterocycles. The van der Waals surface area contributed by atoms with Gasteiger partial charge in [0.2, 0.25) is 0 Å². The maximum Gasteiger partial charge on any atom is 0.428 e. The summed E-state index contributed by atoms with van der Waals surface area (Å²) < 4.78 is 9.72. The standard InChI is InChI=1S/C14H18ClN3O4/c1-8-6-10(15)17-9(11(8)12(19)21-5)7-16-18-13(20)22-14(2,3)4/h6-7H,1-5H3,(H,18,20)/b16-7+. The van der Waals surface area contributed by atoms with Gasteiger partial charge in [-0.1, -0.05) is 11.6 Å². The number of rotatable bonds is 3. The van der Waals surface area contributed by atoms with E-state index < -0.39 is 17.7 Å². The quantitative estimate of drug-likeness (QED) is 0.399. The first-order valence-electron chi connectivity index (χ1n) is 6.41. The summed E-state index contributed by atoms with van der Waals surface area (Å²) >= 11 is 5.86. The van der Waals surface area contributed by atoms with Gasteiger partial charge in [0.25, 0.3) is 0 Å². The number of amides is 1. The van der Waals surface area contributed by atoms with Crippen LogP contribution in [0.15, 0.2) is 11.2 Å². The average molecular weight is 328 g/mol. The molecule has 120 valence electrons. The van der Waals surface area contributed by atoms with Gasteiger partial charge in [0, 0.05) is 0 Å². The maximum absolute atomic E-state index is 11.8. The summed E-state index contributed by atoms with van der Waals surface area (Å²) in [5, 5.41) is 3.90. The number of hydrogen-bond acceptors (Lipinski definition) is 6. The summed E-state index contributed by atoms with van der Waals surface area (Å²) in [5.74, 6) is -0.569. The van der Waals surface area contributed by atoms with Gasteiger partial charge in [-0.05, 0) is 39.3 Å². The monoisotopic (exact) mass is 327 g/mol. The molecule has 0 unspecified atom stereocenters. The normalized spacial score (nSPS) is 11.4. The Morgan fingerprint density at radius 1 is 1.41 bits per heavy atom. The number of carbonyl (C=O) groups excluding carboxylic acids is 2. The largest absolute Gasteiger partial charge is 0.465 e. The Labute approximate surface area is 133 Å². The highest BCUT2D eigenvalue weighted by atomic mass is 35.5.